The first-order chi connectivity index (χ1) is 7.47. The topological polar surface area (TPSA) is 12.5 Å². The first-order valence-electron chi connectivity index (χ1n) is 6.28. The van der Waals surface area contributed by atoms with Crippen LogP contribution in [0.25, 0.3) is 0 Å². The van der Waals surface area contributed by atoms with Crippen molar-refractivity contribution >= 4 is 15.9 Å². The maximum Gasteiger partial charge on any atom is 0.0595 e. The van der Waals surface area contributed by atoms with Crippen LogP contribution in [0.5, 0.6) is 0 Å². The number of ether oxygens (including phenoxy) is 1. The molecule has 0 spiro atoms. The molecular formula is C13H26BrNO. The predicted molar refractivity (Wildman–Crippen MR) is 73.2 cm³/mol. The molecule has 16 heavy (non-hydrogen) atoms. The van der Waals surface area contributed by atoms with Gasteiger partial charge in [0.25, 0.3) is 0 Å². The second-order valence-corrected chi connectivity index (χ2v) is 6.60. The monoisotopic (exact) mass is 291 g/mol. The highest BCUT2D eigenvalue weighted by atomic mass is 79.9. The molecule has 0 aliphatic carbocycles. The second kappa shape index (κ2) is 6.36. The lowest BCUT2D eigenvalue weighted by atomic mass is 9.81. The Morgan fingerprint density at radius 3 is 2.25 bits per heavy atom. The molecule has 1 fully saturated rings. The van der Waals surface area contributed by atoms with Crippen molar-refractivity contribution in [3.8, 4) is 0 Å². The summed E-state index contributed by atoms with van der Waals surface area (Å²) < 4.78 is 5.40. The summed E-state index contributed by atoms with van der Waals surface area (Å²) in [6.07, 6.45) is 2.87. The number of piperidine rings is 1. The van der Waals surface area contributed by atoms with Gasteiger partial charge in [-0.15, -0.1) is 0 Å². The van der Waals surface area contributed by atoms with Gasteiger partial charge in [0.05, 0.1) is 6.10 Å². The number of halogens is 1. The van der Waals surface area contributed by atoms with Crippen molar-refractivity contribution in [1.82, 2.24) is 4.90 Å². The van der Waals surface area contributed by atoms with Crippen molar-refractivity contribution in [1.29, 1.82) is 0 Å². The third kappa shape index (κ3) is 4.34. The standard InChI is InChI=1S/C13H26BrNO/c1-13(2,3)11(9-14)10-15-7-5-12(16-4)6-8-15/h11-12H,5-10H2,1-4H3. The van der Waals surface area contributed by atoms with E-state index >= 15 is 0 Å². The van der Waals surface area contributed by atoms with Crippen LogP contribution in [-0.2, 0) is 4.74 Å². The molecule has 0 bridgehead atoms. The average Bonchev–Trinajstić information content (AvgIpc) is 2.25. The highest BCUT2D eigenvalue weighted by Gasteiger charge is 2.27. The van der Waals surface area contributed by atoms with E-state index in [0.29, 0.717) is 11.5 Å². The molecule has 0 radical (unpaired) electrons. The Hall–Kier alpha value is 0.400. The number of hydrogen-bond acceptors (Lipinski definition) is 2. The average molecular weight is 292 g/mol. The van der Waals surface area contributed by atoms with E-state index in [0.717, 1.165) is 11.2 Å². The number of hydrogen-bond donors (Lipinski definition) is 0. The Kier molecular flexibility index (Phi) is 5.75. The Morgan fingerprint density at radius 1 is 1.31 bits per heavy atom. The van der Waals surface area contributed by atoms with Gasteiger partial charge in [-0.1, -0.05) is 36.7 Å². The van der Waals surface area contributed by atoms with Crippen LogP contribution in [-0.4, -0.2) is 43.1 Å². The van der Waals surface area contributed by atoms with Gasteiger partial charge in [0.1, 0.15) is 0 Å². The molecule has 1 aliphatic heterocycles. The van der Waals surface area contributed by atoms with Crippen molar-refractivity contribution in [3.05, 3.63) is 0 Å². The molecule has 96 valence electrons. The van der Waals surface area contributed by atoms with Crippen LogP contribution in [0.1, 0.15) is 33.6 Å². The van der Waals surface area contributed by atoms with Crippen LogP contribution in [0.4, 0.5) is 0 Å². The van der Waals surface area contributed by atoms with Crippen LogP contribution >= 0.6 is 15.9 Å². The van der Waals surface area contributed by atoms with E-state index < -0.39 is 0 Å². The lowest BCUT2D eigenvalue weighted by Crippen LogP contribution is -2.42. The third-order valence-corrected chi connectivity index (χ3v) is 4.54. The minimum atomic E-state index is 0.390. The highest BCUT2D eigenvalue weighted by molar-refractivity contribution is 9.09. The van der Waals surface area contributed by atoms with Crippen molar-refractivity contribution in [2.45, 2.75) is 39.7 Å². The first-order valence-corrected chi connectivity index (χ1v) is 7.40. The summed E-state index contributed by atoms with van der Waals surface area (Å²) in [7, 11) is 1.83. The van der Waals surface area contributed by atoms with Gasteiger partial charge in [0.15, 0.2) is 0 Å². The van der Waals surface area contributed by atoms with Gasteiger partial charge >= 0.3 is 0 Å². The summed E-state index contributed by atoms with van der Waals surface area (Å²) in [6.45, 7) is 10.6. The van der Waals surface area contributed by atoms with Gasteiger partial charge < -0.3 is 9.64 Å². The van der Waals surface area contributed by atoms with Crippen molar-refractivity contribution in [2.75, 3.05) is 32.1 Å². The maximum atomic E-state index is 5.40. The molecule has 1 atom stereocenters. The fourth-order valence-corrected chi connectivity index (χ4v) is 3.37. The fraction of sp³-hybridized carbons (Fsp3) is 1.00. The summed E-state index contributed by atoms with van der Waals surface area (Å²) in [5.74, 6) is 0.728. The van der Waals surface area contributed by atoms with E-state index in [2.05, 4.69) is 41.6 Å². The lowest BCUT2D eigenvalue weighted by molar-refractivity contribution is 0.0315. The molecule has 1 rings (SSSR count). The molecule has 2 nitrogen and oxygen atoms in total. The smallest absolute Gasteiger partial charge is 0.0595 e. The zero-order valence-corrected chi connectivity index (χ0v) is 12.7. The zero-order valence-electron chi connectivity index (χ0n) is 11.1. The summed E-state index contributed by atoms with van der Waals surface area (Å²) in [5, 5.41) is 1.10. The van der Waals surface area contributed by atoms with Crippen LogP contribution in [0.3, 0.4) is 0 Å². The van der Waals surface area contributed by atoms with Crippen molar-refractivity contribution in [3.63, 3.8) is 0 Å². The van der Waals surface area contributed by atoms with Gasteiger partial charge in [-0.2, -0.15) is 0 Å². The van der Waals surface area contributed by atoms with Crippen molar-refractivity contribution in [2.24, 2.45) is 11.3 Å². The Labute approximate surface area is 109 Å². The second-order valence-electron chi connectivity index (χ2n) is 5.95. The number of nitrogens with zero attached hydrogens (tertiary/aromatic N) is 1. The molecule has 1 unspecified atom stereocenters. The van der Waals surface area contributed by atoms with Crippen LogP contribution in [0.2, 0.25) is 0 Å². The van der Waals surface area contributed by atoms with Crippen LogP contribution < -0.4 is 0 Å². The Morgan fingerprint density at radius 2 is 1.88 bits per heavy atom. The SMILES string of the molecule is COC1CCN(CC(CBr)C(C)(C)C)CC1. The van der Waals surface area contributed by atoms with E-state index in [9.17, 15) is 0 Å². The Balaban J connectivity index is 2.37. The molecule has 0 saturated carbocycles. The zero-order chi connectivity index (χ0) is 12.2. The highest BCUT2D eigenvalue weighted by Crippen LogP contribution is 2.29. The van der Waals surface area contributed by atoms with Gasteiger partial charge in [-0.3, -0.25) is 0 Å². The molecule has 1 heterocycles. The molecule has 0 amide bonds. The summed E-state index contributed by atoms with van der Waals surface area (Å²) in [6, 6.07) is 0. The van der Waals surface area contributed by atoms with E-state index in [-0.39, 0.29) is 0 Å². The van der Waals surface area contributed by atoms with Gasteiger partial charge in [0, 0.05) is 32.1 Å². The molecule has 1 aliphatic rings. The van der Waals surface area contributed by atoms with Gasteiger partial charge in [-0.25, -0.2) is 0 Å². The molecule has 1 saturated heterocycles. The summed E-state index contributed by atoms with van der Waals surface area (Å²) >= 11 is 3.65. The third-order valence-electron chi connectivity index (χ3n) is 3.76. The van der Waals surface area contributed by atoms with Gasteiger partial charge in [0.2, 0.25) is 0 Å². The van der Waals surface area contributed by atoms with Crippen LogP contribution in [0, 0.1) is 11.3 Å². The Bertz CT molecular complexity index is 195. The molecule has 3 heteroatoms. The number of alkyl halides is 1. The normalized spacial score (nSPS) is 22.3. The molecule has 0 aromatic rings. The quantitative estimate of drug-likeness (QED) is 0.738. The summed E-state index contributed by atoms with van der Waals surface area (Å²) in [5.41, 5.74) is 0.390. The first kappa shape index (κ1) is 14.5. The van der Waals surface area contributed by atoms with Crippen molar-refractivity contribution < 1.29 is 4.74 Å². The number of rotatable bonds is 4. The maximum absolute atomic E-state index is 5.40. The predicted octanol–water partition coefficient (Wildman–Crippen LogP) is 3.15. The minimum Gasteiger partial charge on any atom is -0.381 e. The fourth-order valence-electron chi connectivity index (χ4n) is 2.19. The van der Waals surface area contributed by atoms with Gasteiger partial charge in [-0.05, 0) is 24.2 Å². The lowest BCUT2D eigenvalue weighted by Gasteiger charge is -2.37. The van der Waals surface area contributed by atoms with E-state index in [4.69, 9.17) is 4.74 Å². The van der Waals surface area contributed by atoms with E-state index in [1.165, 1.54) is 32.5 Å². The van der Waals surface area contributed by atoms with Crippen LogP contribution in [0.15, 0.2) is 0 Å². The van der Waals surface area contributed by atoms with E-state index in [1.54, 1.807) is 0 Å². The molecular weight excluding hydrogens is 266 g/mol. The van der Waals surface area contributed by atoms with E-state index in [1.807, 2.05) is 7.11 Å². The summed E-state index contributed by atoms with van der Waals surface area (Å²) in [4.78, 5) is 2.59. The number of methoxy groups -OCH3 is 1. The molecule has 0 aromatic heterocycles. The minimum absolute atomic E-state index is 0.390. The molecule has 0 N–H and O–H groups in total. The largest absolute Gasteiger partial charge is 0.381 e. The molecule has 0 aromatic carbocycles. The number of likely N-dealkylation sites (tertiary alicyclic amines) is 1.